The van der Waals surface area contributed by atoms with E-state index in [4.69, 9.17) is 0 Å². The first-order chi connectivity index (χ1) is 6.93. The largest absolute Gasteiger partial charge is 0.354 e. The van der Waals surface area contributed by atoms with Crippen molar-refractivity contribution in [2.45, 2.75) is 9.79 Å². The minimum absolute atomic E-state index is 0. The van der Waals surface area contributed by atoms with Crippen molar-refractivity contribution in [1.29, 1.82) is 0 Å². The van der Waals surface area contributed by atoms with Gasteiger partial charge in [0.15, 0.2) is 0 Å². The fourth-order valence-corrected chi connectivity index (χ4v) is 2.57. The van der Waals surface area contributed by atoms with Crippen molar-refractivity contribution in [1.82, 2.24) is 0 Å². The minimum atomic E-state index is 0. The van der Waals surface area contributed by atoms with E-state index in [1.54, 1.807) is 0 Å². The van der Waals surface area contributed by atoms with Gasteiger partial charge in [-0.1, -0.05) is 36.0 Å². The molecule has 0 radical (unpaired) electrons. The molecule has 1 N–H and O–H groups in total. The molecule has 2 aromatic rings. The highest BCUT2D eigenvalue weighted by atomic mass is 35.5. The van der Waals surface area contributed by atoms with Gasteiger partial charge in [-0.05, 0) is 24.3 Å². The summed E-state index contributed by atoms with van der Waals surface area (Å²) in [7, 11) is 0. The number of anilines is 2. The van der Waals surface area contributed by atoms with Crippen molar-refractivity contribution in [2.24, 2.45) is 0 Å². The van der Waals surface area contributed by atoms with Gasteiger partial charge in [0.25, 0.3) is 0 Å². The lowest BCUT2D eigenvalue weighted by Crippen LogP contribution is -1.98. The molecule has 0 unspecified atom stereocenters. The molecular weight excluding hydrogens is 226 g/mol. The van der Waals surface area contributed by atoms with Crippen LogP contribution in [-0.4, -0.2) is 0 Å². The van der Waals surface area contributed by atoms with Crippen molar-refractivity contribution in [3.05, 3.63) is 48.5 Å². The summed E-state index contributed by atoms with van der Waals surface area (Å²) in [6.45, 7) is 0. The van der Waals surface area contributed by atoms with Gasteiger partial charge >= 0.3 is 0 Å². The Kier molecular flexibility index (Phi) is 2.89. The van der Waals surface area contributed by atoms with Gasteiger partial charge in [-0.25, -0.2) is 0 Å². The standard InChI is InChI=1S/C12H9NS.ClH/c1-3-7-11-9(5-1)13-10-6-2-4-8-12(10)14-11;/h1-8,13H;1H. The smallest absolute Gasteiger partial charge is 0.0526 e. The average molecular weight is 236 g/mol. The summed E-state index contributed by atoms with van der Waals surface area (Å²) < 4.78 is 0. The Bertz CT molecular complexity index is 397. The number of fused-ring (bicyclic) bond motifs is 2. The van der Waals surface area contributed by atoms with Crippen LogP contribution in [0.4, 0.5) is 11.4 Å². The Morgan fingerprint density at radius 2 is 1.20 bits per heavy atom. The predicted molar refractivity (Wildman–Crippen MR) is 67.5 cm³/mol. The summed E-state index contributed by atoms with van der Waals surface area (Å²) in [6.07, 6.45) is 0. The van der Waals surface area contributed by atoms with Crippen molar-refractivity contribution in [3.8, 4) is 0 Å². The van der Waals surface area contributed by atoms with Gasteiger partial charge in [-0.2, -0.15) is 0 Å². The van der Waals surface area contributed by atoms with Gasteiger partial charge in [0.1, 0.15) is 0 Å². The first kappa shape index (κ1) is 10.4. The second-order valence-electron chi connectivity index (χ2n) is 3.22. The van der Waals surface area contributed by atoms with E-state index in [1.807, 2.05) is 11.8 Å². The summed E-state index contributed by atoms with van der Waals surface area (Å²) in [4.78, 5) is 2.59. The zero-order valence-electron chi connectivity index (χ0n) is 7.94. The molecule has 0 fully saturated rings. The van der Waals surface area contributed by atoms with Gasteiger partial charge in [-0.15, -0.1) is 12.4 Å². The van der Waals surface area contributed by atoms with Crippen LogP contribution in [-0.2, 0) is 0 Å². The maximum atomic E-state index is 3.42. The number of nitrogens with one attached hydrogen (secondary N) is 1. The second-order valence-corrected chi connectivity index (χ2v) is 4.30. The Hall–Kier alpha value is -1.12. The molecule has 0 spiro atoms. The third kappa shape index (κ3) is 1.83. The van der Waals surface area contributed by atoms with Gasteiger partial charge < -0.3 is 5.32 Å². The van der Waals surface area contributed by atoms with E-state index in [9.17, 15) is 0 Å². The van der Waals surface area contributed by atoms with Crippen molar-refractivity contribution in [3.63, 3.8) is 0 Å². The predicted octanol–water partition coefficient (Wildman–Crippen LogP) is 4.32. The maximum absolute atomic E-state index is 3.42. The van der Waals surface area contributed by atoms with Crippen molar-refractivity contribution >= 4 is 35.5 Å². The van der Waals surface area contributed by atoms with E-state index >= 15 is 0 Å². The van der Waals surface area contributed by atoms with Crippen LogP contribution in [0.25, 0.3) is 0 Å². The fourth-order valence-electron chi connectivity index (χ4n) is 1.58. The van der Waals surface area contributed by atoms with Gasteiger partial charge in [0.2, 0.25) is 0 Å². The number of hydrogen-bond acceptors (Lipinski definition) is 2. The number of rotatable bonds is 0. The van der Waals surface area contributed by atoms with E-state index in [-0.39, 0.29) is 12.4 Å². The summed E-state index contributed by atoms with van der Waals surface area (Å²) in [6, 6.07) is 16.8. The van der Waals surface area contributed by atoms with Crippen LogP contribution in [0.2, 0.25) is 0 Å². The van der Waals surface area contributed by atoms with Gasteiger partial charge in [0, 0.05) is 9.79 Å². The number of hydrogen-bond donors (Lipinski definition) is 1. The molecule has 1 aliphatic heterocycles. The van der Waals surface area contributed by atoms with Crippen molar-refractivity contribution < 1.29 is 0 Å². The van der Waals surface area contributed by atoms with E-state index < -0.39 is 0 Å². The molecule has 0 amide bonds. The van der Waals surface area contributed by atoms with Crippen LogP contribution < -0.4 is 5.32 Å². The summed E-state index contributed by atoms with van der Waals surface area (Å²) in [5.74, 6) is 0. The van der Waals surface area contributed by atoms with Crippen LogP contribution in [0, 0.1) is 0 Å². The van der Waals surface area contributed by atoms with Crippen molar-refractivity contribution in [2.75, 3.05) is 5.32 Å². The van der Waals surface area contributed by atoms with Gasteiger partial charge in [0.05, 0.1) is 11.4 Å². The Labute approximate surface area is 99.3 Å². The van der Waals surface area contributed by atoms with Crippen LogP contribution >= 0.6 is 24.2 Å². The number of para-hydroxylation sites is 2. The van der Waals surface area contributed by atoms with E-state index in [0.29, 0.717) is 0 Å². The molecule has 1 aliphatic rings. The number of halogens is 1. The Morgan fingerprint density at radius 1 is 0.733 bits per heavy atom. The zero-order chi connectivity index (χ0) is 9.38. The highest BCUT2D eigenvalue weighted by Crippen LogP contribution is 2.43. The molecule has 1 nitrogen and oxygen atoms in total. The molecule has 0 atom stereocenters. The average Bonchev–Trinajstić information content (AvgIpc) is 2.26. The van der Waals surface area contributed by atoms with Crippen LogP contribution in [0.1, 0.15) is 0 Å². The van der Waals surface area contributed by atoms with Crippen LogP contribution in [0.3, 0.4) is 0 Å². The molecule has 0 saturated carbocycles. The molecule has 15 heavy (non-hydrogen) atoms. The van der Waals surface area contributed by atoms with E-state index in [0.717, 1.165) is 0 Å². The summed E-state index contributed by atoms with van der Waals surface area (Å²) >= 11 is 1.82. The maximum Gasteiger partial charge on any atom is 0.0526 e. The lowest BCUT2D eigenvalue weighted by atomic mass is 10.2. The Balaban J connectivity index is 0.000000853. The minimum Gasteiger partial charge on any atom is -0.354 e. The lowest BCUT2D eigenvalue weighted by Gasteiger charge is -2.19. The zero-order valence-corrected chi connectivity index (χ0v) is 9.57. The molecule has 0 aliphatic carbocycles. The third-order valence-electron chi connectivity index (χ3n) is 2.26. The van der Waals surface area contributed by atoms with Crippen LogP contribution in [0.15, 0.2) is 58.3 Å². The lowest BCUT2D eigenvalue weighted by molar-refractivity contribution is 1.32. The first-order valence-corrected chi connectivity index (χ1v) is 5.38. The molecular formula is C12H10ClNS. The molecule has 3 rings (SSSR count). The highest BCUT2D eigenvalue weighted by molar-refractivity contribution is 7.99. The Morgan fingerprint density at radius 3 is 1.73 bits per heavy atom. The number of benzene rings is 2. The quantitative estimate of drug-likeness (QED) is 0.623. The molecule has 0 bridgehead atoms. The molecule has 1 heterocycles. The van der Waals surface area contributed by atoms with E-state index in [1.165, 1.54) is 21.2 Å². The molecule has 3 heteroatoms. The third-order valence-corrected chi connectivity index (χ3v) is 3.42. The van der Waals surface area contributed by atoms with Crippen LogP contribution in [0.5, 0.6) is 0 Å². The first-order valence-electron chi connectivity index (χ1n) is 4.56. The summed E-state index contributed by atoms with van der Waals surface area (Å²) in [5.41, 5.74) is 2.41. The monoisotopic (exact) mass is 235 g/mol. The second kappa shape index (κ2) is 4.17. The SMILES string of the molecule is Cl.c1ccc2c(c1)Nc1ccccc1S2. The van der Waals surface area contributed by atoms with Gasteiger partial charge in [-0.3, -0.25) is 0 Å². The normalized spacial score (nSPS) is 11.7. The molecule has 0 aromatic heterocycles. The highest BCUT2D eigenvalue weighted by Gasteiger charge is 2.13. The molecule has 76 valence electrons. The molecule has 2 aromatic carbocycles. The topological polar surface area (TPSA) is 12.0 Å². The van der Waals surface area contributed by atoms with E-state index in [2.05, 4.69) is 53.8 Å². The fraction of sp³-hybridized carbons (Fsp3) is 0. The summed E-state index contributed by atoms with van der Waals surface area (Å²) in [5, 5.41) is 3.42. The molecule has 0 saturated heterocycles.